The minimum absolute atomic E-state index is 0.173. The molecular formula is C21H20N2O3. The molecule has 3 rings (SSSR count). The zero-order valence-electron chi connectivity index (χ0n) is 14.8. The van der Waals surface area contributed by atoms with E-state index in [1.807, 2.05) is 48.5 Å². The normalized spacial score (nSPS) is 10.4. The summed E-state index contributed by atoms with van der Waals surface area (Å²) < 4.78 is 11.8. The summed E-state index contributed by atoms with van der Waals surface area (Å²) in [5.74, 6) is 1.52. The number of allylic oxidation sites excluding steroid dienone is 1. The van der Waals surface area contributed by atoms with Crippen molar-refractivity contribution < 1.29 is 9.47 Å². The lowest BCUT2D eigenvalue weighted by molar-refractivity contribution is 0.414. The monoisotopic (exact) mass is 348 g/mol. The van der Waals surface area contributed by atoms with Crippen molar-refractivity contribution in [1.82, 2.24) is 9.78 Å². The van der Waals surface area contributed by atoms with E-state index in [2.05, 4.69) is 11.7 Å². The molecule has 5 nitrogen and oxygen atoms in total. The predicted molar refractivity (Wildman–Crippen MR) is 103 cm³/mol. The molecule has 0 spiro atoms. The Morgan fingerprint density at radius 2 is 1.50 bits per heavy atom. The number of rotatable bonds is 6. The van der Waals surface area contributed by atoms with Gasteiger partial charge in [0.2, 0.25) is 0 Å². The van der Waals surface area contributed by atoms with Crippen molar-refractivity contribution in [2.75, 3.05) is 14.2 Å². The molecule has 0 atom stereocenters. The van der Waals surface area contributed by atoms with Crippen molar-refractivity contribution in [2.24, 2.45) is 0 Å². The maximum absolute atomic E-state index is 12.4. The van der Waals surface area contributed by atoms with Crippen LogP contribution in [0.4, 0.5) is 0 Å². The van der Waals surface area contributed by atoms with E-state index in [9.17, 15) is 4.79 Å². The smallest absolute Gasteiger partial charge is 0.267 e. The third-order valence-corrected chi connectivity index (χ3v) is 4.06. The zero-order chi connectivity index (χ0) is 18.5. The van der Waals surface area contributed by atoms with Gasteiger partial charge in [0.05, 0.1) is 26.5 Å². The Hall–Kier alpha value is -3.34. The van der Waals surface area contributed by atoms with Crippen LogP contribution < -0.4 is 15.0 Å². The molecule has 0 aliphatic carbocycles. The van der Waals surface area contributed by atoms with Gasteiger partial charge in [0.1, 0.15) is 11.5 Å². The van der Waals surface area contributed by atoms with Gasteiger partial charge in [-0.25, -0.2) is 4.68 Å². The Bertz CT molecular complexity index is 958. The predicted octanol–water partition coefficient (Wildman–Crippen LogP) is 3.78. The van der Waals surface area contributed by atoms with Gasteiger partial charge in [-0.2, -0.15) is 5.10 Å². The third kappa shape index (κ3) is 3.52. The minimum Gasteiger partial charge on any atom is -0.497 e. The van der Waals surface area contributed by atoms with Gasteiger partial charge >= 0.3 is 0 Å². The van der Waals surface area contributed by atoms with E-state index in [0.29, 0.717) is 6.54 Å². The van der Waals surface area contributed by atoms with E-state index in [4.69, 9.17) is 9.47 Å². The van der Waals surface area contributed by atoms with Crippen LogP contribution in [-0.4, -0.2) is 24.0 Å². The number of benzene rings is 2. The van der Waals surface area contributed by atoms with Gasteiger partial charge in [0.15, 0.2) is 0 Å². The van der Waals surface area contributed by atoms with Crippen LogP contribution in [-0.2, 0) is 6.54 Å². The molecule has 0 amide bonds. The molecule has 0 unspecified atom stereocenters. The molecule has 5 heteroatoms. The van der Waals surface area contributed by atoms with Gasteiger partial charge < -0.3 is 9.47 Å². The second kappa shape index (κ2) is 7.70. The maximum atomic E-state index is 12.4. The molecule has 2 aromatic carbocycles. The first-order chi connectivity index (χ1) is 12.7. The van der Waals surface area contributed by atoms with Crippen LogP contribution in [0.3, 0.4) is 0 Å². The van der Waals surface area contributed by atoms with Crippen molar-refractivity contribution in [2.45, 2.75) is 6.54 Å². The summed E-state index contributed by atoms with van der Waals surface area (Å²) in [7, 11) is 3.25. The first-order valence-electron chi connectivity index (χ1n) is 8.18. The fraction of sp³-hybridized carbons (Fsp3) is 0.143. The number of nitrogens with zero attached hydrogens (tertiary/aromatic N) is 2. The fourth-order valence-corrected chi connectivity index (χ4v) is 2.70. The van der Waals surface area contributed by atoms with Crippen molar-refractivity contribution in [3.05, 3.63) is 77.6 Å². The van der Waals surface area contributed by atoms with E-state index in [-0.39, 0.29) is 5.56 Å². The molecule has 1 aromatic heterocycles. The van der Waals surface area contributed by atoms with Crippen molar-refractivity contribution in [1.29, 1.82) is 0 Å². The van der Waals surface area contributed by atoms with Crippen LogP contribution in [0, 0.1) is 0 Å². The van der Waals surface area contributed by atoms with E-state index < -0.39 is 0 Å². The first kappa shape index (κ1) is 17.5. The molecule has 26 heavy (non-hydrogen) atoms. The Morgan fingerprint density at radius 1 is 0.962 bits per heavy atom. The summed E-state index contributed by atoms with van der Waals surface area (Å²) in [6.45, 7) is 4.04. The lowest BCUT2D eigenvalue weighted by Crippen LogP contribution is -2.22. The van der Waals surface area contributed by atoms with Gasteiger partial charge in [-0.15, -0.1) is 6.58 Å². The van der Waals surface area contributed by atoms with E-state index in [0.717, 1.165) is 33.9 Å². The van der Waals surface area contributed by atoms with Gasteiger partial charge in [-0.3, -0.25) is 4.79 Å². The van der Waals surface area contributed by atoms with Crippen LogP contribution in [0.1, 0.15) is 0 Å². The highest BCUT2D eigenvalue weighted by molar-refractivity contribution is 5.80. The molecule has 1 heterocycles. The quantitative estimate of drug-likeness (QED) is 0.636. The van der Waals surface area contributed by atoms with E-state index >= 15 is 0 Å². The Kier molecular flexibility index (Phi) is 5.17. The van der Waals surface area contributed by atoms with Crippen molar-refractivity contribution in [3.63, 3.8) is 0 Å². The number of hydrogen-bond acceptors (Lipinski definition) is 4. The lowest BCUT2D eigenvalue weighted by Gasteiger charge is -2.12. The molecule has 0 saturated carbocycles. The van der Waals surface area contributed by atoms with Crippen LogP contribution in [0.15, 0.2) is 72.0 Å². The van der Waals surface area contributed by atoms with Crippen molar-refractivity contribution >= 4 is 0 Å². The maximum Gasteiger partial charge on any atom is 0.267 e. The molecule has 0 saturated heterocycles. The van der Waals surface area contributed by atoms with Crippen molar-refractivity contribution in [3.8, 4) is 33.9 Å². The van der Waals surface area contributed by atoms with Crippen LogP contribution in [0.2, 0.25) is 0 Å². The van der Waals surface area contributed by atoms with E-state index in [1.54, 1.807) is 26.4 Å². The highest BCUT2D eigenvalue weighted by Gasteiger charge is 2.13. The molecular weight excluding hydrogens is 328 g/mol. The summed E-state index contributed by atoms with van der Waals surface area (Å²) in [6, 6.07) is 16.8. The summed E-state index contributed by atoms with van der Waals surface area (Å²) in [4.78, 5) is 12.4. The number of ether oxygens (including phenoxy) is 2. The molecule has 0 aliphatic heterocycles. The Balaban J connectivity index is 2.18. The molecule has 132 valence electrons. The highest BCUT2D eigenvalue weighted by atomic mass is 16.5. The number of hydrogen-bond donors (Lipinski definition) is 0. The van der Waals surface area contributed by atoms with Crippen LogP contribution in [0.25, 0.3) is 22.4 Å². The van der Waals surface area contributed by atoms with Gasteiger partial charge in [0.25, 0.3) is 5.56 Å². The topological polar surface area (TPSA) is 53.4 Å². The molecule has 0 aliphatic rings. The average Bonchev–Trinajstić information content (AvgIpc) is 2.69. The molecule has 0 fully saturated rings. The molecule has 0 bridgehead atoms. The lowest BCUT2D eigenvalue weighted by atomic mass is 10.00. The Morgan fingerprint density at radius 3 is 2.00 bits per heavy atom. The SMILES string of the molecule is C=CCn1nc(-c2ccc(OC)cc2)c(-c2ccc(OC)cc2)cc1=O. The average molecular weight is 348 g/mol. The molecule has 0 radical (unpaired) electrons. The largest absolute Gasteiger partial charge is 0.497 e. The number of aromatic nitrogens is 2. The summed E-state index contributed by atoms with van der Waals surface area (Å²) >= 11 is 0. The second-order valence-electron chi connectivity index (χ2n) is 5.67. The van der Waals surface area contributed by atoms with E-state index in [1.165, 1.54) is 4.68 Å². The summed E-state index contributed by atoms with van der Waals surface area (Å²) in [6.07, 6.45) is 1.65. The Labute approximate surface area is 152 Å². The number of methoxy groups -OCH3 is 2. The zero-order valence-corrected chi connectivity index (χ0v) is 14.8. The van der Waals surface area contributed by atoms with Gasteiger partial charge in [-0.05, 0) is 42.0 Å². The van der Waals surface area contributed by atoms with Gasteiger partial charge in [0, 0.05) is 17.2 Å². The molecule has 0 N–H and O–H groups in total. The first-order valence-corrected chi connectivity index (χ1v) is 8.18. The second-order valence-corrected chi connectivity index (χ2v) is 5.67. The van der Waals surface area contributed by atoms with Gasteiger partial charge in [-0.1, -0.05) is 18.2 Å². The van der Waals surface area contributed by atoms with Crippen LogP contribution >= 0.6 is 0 Å². The standard InChI is InChI=1S/C21H20N2O3/c1-4-13-23-20(24)14-19(15-5-9-17(25-2)10-6-15)21(22-23)16-7-11-18(26-3)12-8-16/h4-12,14H,1,13H2,2-3H3. The highest BCUT2D eigenvalue weighted by Crippen LogP contribution is 2.31. The third-order valence-electron chi connectivity index (χ3n) is 4.06. The van der Waals surface area contributed by atoms with Crippen LogP contribution in [0.5, 0.6) is 11.5 Å². The fourth-order valence-electron chi connectivity index (χ4n) is 2.70. The summed E-state index contributed by atoms with van der Waals surface area (Å²) in [5, 5.41) is 4.57. The summed E-state index contributed by atoms with van der Waals surface area (Å²) in [5.41, 5.74) is 3.11. The molecule has 3 aromatic rings. The minimum atomic E-state index is -0.173.